The van der Waals surface area contributed by atoms with Crippen LogP contribution in [-0.2, 0) is 14.4 Å². The second-order valence-corrected chi connectivity index (χ2v) is 2.36. The monoisotopic (exact) mass is 504 g/mol. The Hall–Kier alpha value is -0.960. The van der Waals surface area contributed by atoms with E-state index in [-0.39, 0.29) is 37.7 Å². The third-order valence-electron chi connectivity index (χ3n) is 0.694. The zero-order valence-corrected chi connectivity index (χ0v) is 11.1. The van der Waals surface area contributed by atoms with Crippen molar-refractivity contribution in [2.24, 2.45) is 0 Å². The van der Waals surface area contributed by atoms with Gasteiger partial charge in [-0.25, -0.2) is 0 Å². The number of carboxylic acids is 3. The van der Waals surface area contributed by atoms with Crippen LogP contribution in [0, 0.1) is 37.7 Å². The van der Waals surface area contributed by atoms with Crippen LogP contribution in [0.4, 0.5) is 39.5 Å². The fourth-order valence-electron chi connectivity index (χ4n) is 0. The normalized spacial score (nSPS) is 10.8. The first-order valence-corrected chi connectivity index (χ1v) is 3.68. The van der Waals surface area contributed by atoms with Crippen LogP contribution in [-0.4, -0.2) is 36.4 Å². The van der Waals surface area contributed by atoms with E-state index in [0.29, 0.717) is 0 Å². The van der Waals surface area contributed by atoms with Gasteiger partial charge in [-0.05, 0) is 0 Å². The maximum Gasteiger partial charge on any atom is 3.00 e. The van der Waals surface area contributed by atoms with Crippen LogP contribution in [0.15, 0.2) is 0 Å². The molecule has 0 aliphatic heterocycles. The molecule has 16 heteroatoms. The Bertz CT molecular complexity index is 313. The van der Waals surface area contributed by atoms with Gasteiger partial charge in [0, 0.05) is 0 Å². The van der Waals surface area contributed by atoms with Gasteiger partial charge in [0.15, 0.2) is 0 Å². The second kappa shape index (κ2) is 10.7. The van der Waals surface area contributed by atoms with E-state index in [1.807, 2.05) is 0 Å². The van der Waals surface area contributed by atoms with Crippen LogP contribution in [0.2, 0.25) is 0 Å². The largest absolute Gasteiger partial charge is 3.00 e. The Morgan fingerprint density at radius 2 is 0.545 bits per heavy atom. The number of aliphatic carboxylic acids is 3. The molecule has 0 unspecified atom stereocenters. The van der Waals surface area contributed by atoms with Gasteiger partial charge in [0.25, 0.3) is 0 Å². The molecule has 0 saturated carbocycles. The maximum absolute atomic E-state index is 10.5. The summed E-state index contributed by atoms with van der Waals surface area (Å²) in [6.45, 7) is 0. The fourth-order valence-corrected chi connectivity index (χ4v) is 0. The van der Waals surface area contributed by atoms with Crippen molar-refractivity contribution in [3.8, 4) is 0 Å². The summed E-state index contributed by atoms with van der Waals surface area (Å²) in [4.78, 5) is 26.4. The molecule has 0 saturated heterocycles. The van der Waals surface area contributed by atoms with Gasteiger partial charge in [0.05, 0.1) is 0 Å². The van der Waals surface area contributed by atoms with Gasteiger partial charge in [0.1, 0.15) is 17.9 Å². The van der Waals surface area contributed by atoms with Crippen molar-refractivity contribution in [3.63, 3.8) is 0 Å². The van der Waals surface area contributed by atoms with Crippen molar-refractivity contribution in [2.45, 2.75) is 18.5 Å². The zero-order valence-electron chi connectivity index (χ0n) is 9.15. The molecule has 0 heterocycles. The Morgan fingerprint density at radius 1 is 0.500 bits per heavy atom. The molecule has 0 spiro atoms. The van der Waals surface area contributed by atoms with E-state index < -0.39 is 36.4 Å². The molecular weight excluding hydrogens is 504 g/mol. The van der Waals surface area contributed by atoms with Gasteiger partial charge in [-0.3, -0.25) is 0 Å². The third kappa shape index (κ3) is 21.3. The first-order chi connectivity index (χ1) is 8.83. The minimum Gasteiger partial charge on any atom is -0.542 e. The summed E-state index contributed by atoms with van der Waals surface area (Å²) in [5, 5.41) is 26.4. The molecule has 0 aromatic rings. The second-order valence-electron chi connectivity index (χ2n) is 2.36. The average Bonchev–Trinajstić information content (AvgIpc) is 2.14. The summed E-state index contributed by atoms with van der Waals surface area (Å²) in [7, 11) is 0. The molecule has 6 nitrogen and oxygen atoms in total. The Morgan fingerprint density at radius 3 is 0.545 bits per heavy atom. The van der Waals surface area contributed by atoms with Crippen LogP contribution >= 0.6 is 0 Å². The zero-order chi connectivity index (χ0) is 18.2. The first-order valence-electron chi connectivity index (χ1n) is 3.68. The van der Waals surface area contributed by atoms with Gasteiger partial charge in [-0.2, -0.15) is 39.5 Å². The Balaban J connectivity index is -0.000000108. The van der Waals surface area contributed by atoms with Crippen molar-refractivity contribution < 1.29 is 107 Å². The number of alkyl halides is 9. The fraction of sp³-hybridized carbons (Fsp3) is 0.500. The van der Waals surface area contributed by atoms with E-state index in [1.54, 1.807) is 0 Å². The molecule has 0 fully saturated rings. The molecule has 134 valence electrons. The number of rotatable bonds is 0. The maximum atomic E-state index is 10.5. The van der Waals surface area contributed by atoms with Crippen LogP contribution in [0.5, 0.6) is 0 Å². The average molecular weight is 504 g/mol. The summed E-state index contributed by atoms with van der Waals surface area (Å²) in [6.07, 6.45) is -15.6. The molecule has 0 N–H and O–H groups in total. The van der Waals surface area contributed by atoms with Crippen LogP contribution in [0.1, 0.15) is 0 Å². The van der Waals surface area contributed by atoms with Crippen LogP contribution < -0.4 is 15.3 Å². The van der Waals surface area contributed by atoms with E-state index in [1.165, 1.54) is 0 Å². The predicted octanol–water partition coefficient (Wildman–Crippen LogP) is -2.10. The van der Waals surface area contributed by atoms with Gasteiger partial charge in [0.2, 0.25) is 0 Å². The number of hydrogen-bond acceptors (Lipinski definition) is 6. The minimum absolute atomic E-state index is 0. The number of halogens is 9. The van der Waals surface area contributed by atoms with Crippen molar-refractivity contribution in [1.29, 1.82) is 0 Å². The molecule has 0 radical (unpaired) electrons. The number of carbonyl (C=O) groups excluding carboxylic acids is 3. The molecule has 0 aliphatic carbocycles. The standard InChI is InChI=1S/3C2HF3O2.Ho/c3*3-2(4,5)1(6)7;/h3*(H,6,7);/q;;;+3/p-3. The van der Waals surface area contributed by atoms with E-state index in [4.69, 9.17) is 29.7 Å². The third-order valence-corrected chi connectivity index (χ3v) is 0.694. The quantitative estimate of drug-likeness (QED) is 0.276. The molecule has 0 aromatic carbocycles. The molecule has 0 aromatic heterocycles. The van der Waals surface area contributed by atoms with Gasteiger partial charge in [-0.15, -0.1) is 0 Å². The Kier molecular flexibility index (Phi) is 14.2. The molecule has 0 aliphatic rings. The molecular formula is C6F9HoO6. The topological polar surface area (TPSA) is 120 Å². The molecule has 0 atom stereocenters. The van der Waals surface area contributed by atoms with Gasteiger partial charge < -0.3 is 29.7 Å². The van der Waals surface area contributed by atoms with Crippen molar-refractivity contribution in [3.05, 3.63) is 0 Å². The number of hydrogen-bond donors (Lipinski definition) is 0. The van der Waals surface area contributed by atoms with Gasteiger partial charge in [-0.1, -0.05) is 0 Å². The summed E-state index contributed by atoms with van der Waals surface area (Å²) < 4.78 is 94.6. The number of carboxylic acid groups (broad SMARTS) is 3. The molecule has 0 amide bonds. The van der Waals surface area contributed by atoms with Crippen molar-refractivity contribution >= 4 is 17.9 Å². The summed E-state index contributed by atoms with van der Waals surface area (Å²) in [5.74, 6) is -9.02. The summed E-state index contributed by atoms with van der Waals surface area (Å²) >= 11 is 0. The first kappa shape index (κ1) is 29.1. The van der Waals surface area contributed by atoms with E-state index in [0.717, 1.165) is 0 Å². The van der Waals surface area contributed by atoms with Crippen LogP contribution in [0.25, 0.3) is 0 Å². The predicted molar refractivity (Wildman–Crippen MR) is 33.2 cm³/mol. The Labute approximate surface area is 143 Å². The van der Waals surface area contributed by atoms with E-state index in [2.05, 4.69) is 0 Å². The summed E-state index contributed by atoms with van der Waals surface area (Å²) in [5.41, 5.74) is 0. The van der Waals surface area contributed by atoms with Crippen LogP contribution in [0.3, 0.4) is 0 Å². The molecule has 0 bridgehead atoms. The minimum atomic E-state index is -5.19. The molecule has 0 rings (SSSR count). The van der Waals surface area contributed by atoms with E-state index in [9.17, 15) is 39.5 Å². The van der Waals surface area contributed by atoms with Crippen molar-refractivity contribution in [1.82, 2.24) is 0 Å². The smallest absolute Gasteiger partial charge is 0.542 e. The van der Waals surface area contributed by atoms with E-state index >= 15 is 0 Å². The number of carbonyl (C=O) groups is 3. The molecule has 22 heavy (non-hydrogen) atoms. The summed E-state index contributed by atoms with van der Waals surface area (Å²) in [6, 6.07) is 0. The van der Waals surface area contributed by atoms with Gasteiger partial charge >= 0.3 is 56.3 Å². The van der Waals surface area contributed by atoms with Crippen molar-refractivity contribution in [2.75, 3.05) is 0 Å². The SMILES string of the molecule is O=C([O-])C(F)(F)F.O=C([O-])C(F)(F)F.O=C([O-])C(F)(F)F.[Ho+3].